The summed E-state index contributed by atoms with van der Waals surface area (Å²) in [6, 6.07) is 11.6. The van der Waals surface area contributed by atoms with Gasteiger partial charge in [0.15, 0.2) is 0 Å². The fourth-order valence-electron chi connectivity index (χ4n) is 2.94. The average Bonchev–Trinajstić information content (AvgIpc) is 2.59. The Kier molecular flexibility index (Phi) is 8.13. The number of nitrogens with two attached hydrogens (primary N) is 2. The number of rotatable bonds is 11. The average molecular weight is 357 g/mol. The minimum atomic E-state index is 0.768. The summed E-state index contributed by atoms with van der Waals surface area (Å²) in [5.41, 5.74) is 15.3. The molecule has 26 heavy (non-hydrogen) atoms. The van der Waals surface area contributed by atoms with Crippen LogP contribution in [0.1, 0.15) is 49.7 Å². The first-order valence-corrected chi connectivity index (χ1v) is 9.54. The molecule has 2 aromatic carbocycles. The van der Waals surface area contributed by atoms with Gasteiger partial charge < -0.3 is 20.9 Å². The van der Waals surface area contributed by atoms with E-state index in [2.05, 4.69) is 0 Å². The second kappa shape index (κ2) is 10.6. The SMILES string of the molecule is Cc1cc(N)ccc1OCCCCCCCCOc1ccc(N)cc1C. The van der Waals surface area contributed by atoms with Gasteiger partial charge in [-0.2, -0.15) is 0 Å². The lowest BCUT2D eigenvalue weighted by Gasteiger charge is -2.10. The molecule has 0 fully saturated rings. The molecule has 4 N–H and O–H groups in total. The minimum Gasteiger partial charge on any atom is -0.493 e. The summed E-state index contributed by atoms with van der Waals surface area (Å²) in [5, 5.41) is 0. The summed E-state index contributed by atoms with van der Waals surface area (Å²) < 4.78 is 11.6. The van der Waals surface area contributed by atoms with Crippen molar-refractivity contribution >= 4 is 11.4 Å². The summed E-state index contributed by atoms with van der Waals surface area (Å²) >= 11 is 0. The highest BCUT2D eigenvalue weighted by atomic mass is 16.5. The number of nitrogen functional groups attached to an aromatic ring is 2. The van der Waals surface area contributed by atoms with Crippen LogP contribution >= 0.6 is 0 Å². The van der Waals surface area contributed by atoms with Crippen LogP contribution in [0.5, 0.6) is 11.5 Å². The molecular formula is C22H32N2O2. The van der Waals surface area contributed by atoms with Crippen LogP contribution in [0.2, 0.25) is 0 Å². The summed E-state index contributed by atoms with van der Waals surface area (Å²) in [6.45, 7) is 5.59. The summed E-state index contributed by atoms with van der Waals surface area (Å²) in [6.07, 6.45) is 7.06. The molecule has 4 heteroatoms. The predicted molar refractivity (Wildman–Crippen MR) is 110 cm³/mol. The molecule has 0 aliphatic rings. The molecule has 0 bridgehead atoms. The molecule has 0 saturated heterocycles. The van der Waals surface area contributed by atoms with Crippen LogP contribution in [-0.4, -0.2) is 13.2 Å². The first kappa shape index (κ1) is 20.0. The maximum absolute atomic E-state index is 5.82. The van der Waals surface area contributed by atoms with E-state index in [1.807, 2.05) is 50.2 Å². The van der Waals surface area contributed by atoms with Crippen molar-refractivity contribution in [3.05, 3.63) is 47.5 Å². The van der Waals surface area contributed by atoms with Crippen molar-refractivity contribution in [2.45, 2.75) is 52.4 Å². The van der Waals surface area contributed by atoms with Crippen LogP contribution < -0.4 is 20.9 Å². The topological polar surface area (TPSA) is 70.5 Å². The number of hydrogen-bond donors (Lipinski definition) is 2. The number of benzene rings is 2. The molecule has 0 atom stereocenters. The molecule has 0 aliphatic carbocycles. The molecule has 4 nitrogen and oxygen atoms in total. The summed E-state index contributed by atoms with van der Waals surface area (Å²) in [4.78, 5) is 0. The molecule has 0 saturated carbocycles. The first-order valence-electron chi connectivity index (χ1n) is 9.54. The van der Waals surface area contributed by atoms with E-state index in [4.69, 9.17) is 20.9 Å². The highest BCUT2D eigenvalue weighted by molar-refractivity contribution is 5.47. The number of aryl methyl sites for hydroxylation is 2. The van der Waals surface area contributed by atoms with E-state index in [0.29, 0.717) is 0 Å². The van der Waals surface area contributed by atoms with Gasteiger partial charge in [0.05, 0.1) is 13.2 Å². The van der Waals surface area contributed by atoms with Crippen LogP contribution in [0, 0.1) is 13.8 Å². The fourth-order valence-corrected chi connectivity index (χ4v) is 2.94. The van der Waals surface area contributed by atoms with Crippen molar-refractivity contribution in [1.82, 2.24) is 0 Å². The third-order valence-electron chi connectivity index (χ3n) is 4.45. The Labute approximate surface area is 157 Å². The standard InChI is InChI=1S/C22H32N2O2/c1-17-15-19(23)9-11-21(17)25-13-7-5-3-4-6-8-14-26-22-12-10-20(24)16-18(22)2/h9-12,15-16H,3-8,13-14,23-24H2,1-2H3. The maximum atomic E-state index is 5.82. The van der Waals surface area contributed by atoms with Crippen LogP contribution in [0.15, 0.2) is 36.4 Å². The normalized spacial score (nSPS) is 10.7. The lowest BCUT2D eigenvalue weighted by molar-refractivity contribution is 0.295. The van der Waals surface area contributed by atoms with Crippen molar-refractivity contribution in [3.63, 3.8) is 0 Å². The Morgan fingerprint density at radius 3 is 1.38 bits per heavy atom. The number of unbranched alkanes of at least 4 members (excludes halogenated alkanes) is 5. The number of ether oxygens (including phenoxy) is 2. The Morgan fingerprint density at radius 1 is 0.615 bits per heavy atom. The lowest BCUT2D eigenvalue weighted by atomic mass is 10.1. The van der Waals surface area contributed by atoms with E-state index in [9.17, 15) is 0 Å². The molecular weight excluding hydrogens is 324 g/mol. The molecule has 2 rings (SSSR count). The van der Waals surface area contributed by atoms with Crippen molar-refractivity contribution in [2.24, 2.45) is 0 Å². The van der Waals surface area contributed by atoms with Gasteiger partial charge in [-0.05, 0) is 74.2 Å². The van der Waals surface area contributed by atoms with E-state index in [1.165, 1.54) is 25.7 Å². The first-order chi connectivity index (χ1) is 12.6. The zero-order valence-electron chi connectivity index (χ0n) is 16.1. The lowest BCUT2D eigenvalue weighted by Crippen LogP contribution is -2.00. The zero-order valence-corrected chi connectivity index (χ0v) is 16.1. The van der Waals surface area contributed by atoms with Crippen molar-refractivity contribution in [1.29, 1.82) is 0 Å². The van der Waals surface area contributed by atoms with Crippen molar-refractivity contribution in [3.8, 4) is 11.5 Å². The van der Waals surface area contributed by atoms with Gasteiger partial charge in [0.2, 0.25) is 0 Å². The highest BCUT2D eigenvalue weighted by Crippen LogP contribution is 2.21. The Balaban J connectivity index is 1.47. The van der Waals surface area contributed by atoms with E-state index >= 15 is 0 Å². The molecule has 2 aromatic rings. The number of anilines is 2. The van der Waals surface area contributed by atoms with Gasteiger partial charge in [0, 0.05) is 11.4 Å². The molecule has 142 valence electrons. The van der Waals surface area contributed by atoms with Gasteiger partial charge in [-0.25, -0.2) is 0 Å². The maximum Gasteiger partial charge on any atom is 0.122 e. The van der Waals surface area contributed by atoms with Gasteiger partial charge in [-0.15, -0.1) is 0 Å². The number of hydrogen-bond acceptors (Lipinski definition) is 4. The van der Waals surface area contributed by atoms with E-state index < -0.39 is 0 Å². The largest absolute Gasteiger partial charge is 0.493 e. The van der Waals surface area contributed by atoms with Gasteiger partial charge in [0.1, 0.15) is 11.5 Å². The summed E-state index contributed by atoms with van der Waals surface area (Å²) in [5.74, 6) is 1.88. The molecule has 0 radical (unpaired) electrons. The summed E-state index contributed by atoms with van der Waals surface area (Å²) in [7, 11) is 0. The van der Waals surface area contributed by atoms with E-state index in [-0.39, 0.29) is 0 Å². The fraction of sp³-hybridized carbons (Fsp3) is 0.455. The van der Waals surface area contributed by atoms with Gasteiger partial charge in [-0.3, -0.25) is 0 Å². The molecule has 0 aromatic heterocycles. The van der Waals surface area contributed by atoms with Crippen molar-refractivity contribution in [2.75, 3.05) is 24.7 Å². The third-order valence-corrected chi connectivity index (χ3v) is 4.45. The van der Waals surface area contributed by atoms with E-state index in [0.717, 1.165) is 60.1 Å². The Morgan fingerprint density at radius 2 is 1.00 bits per heavy atom. The van der Waals surface area contributed by atoms with Gasteiger partial charge in [0.25, 0.3) is 0 Å². The van der Waals surface area contributed by atoms with Crippen LogP contribution in [0.25, 0.3) is 0 Å². The molecule has 0 amide bonds. The van der Waals surface area contributed by atoms with E-state index in [1.54, 1.807) is 0 Å². The molecule has 0 aliphatic heterocycles. The smallest absolute Gasteiger partial charge is 0.122 e. The van der Waals surface area contributed by atoms with Crippen LogP contribution in [0.4, 0.5) is 11.4 Å². The van der Waals surface area contributed by atoms with Gasteiger partial charge >= 0.3 is 0 Å². The Bertz CT molecular complexity index is 626. The van der Waals surface area contributed by atoms with Crippen LogP contribution in [-0.2, 0) is 0 Å². The highest BCUT2D eigenvalue weighted by Gasteiger charge is 2.01. The molecule has 0 spiro atoms. The minimum absolute atomic E-state index is 0.768. The predicted octanol–water partition coefficient (Wildman–Crippen LogP) is 5.27. The second-order valence-electron chi connectivity index (χ2n) is 6.87. The van der Waals surface area contributed by atoms with Gasteiger partial charge in [-0.1, -0.05) is 25.7 Å². The third kappa shape index (κ3) is 6.87. The quantitative estimate of drug-likeness (QED) is 0.425. The van der Waals surface area contributed by atoms with Crippen molar-refractivity contribution < 1.29 is 9.47 Å². The van der Waals surface area contributed by atoms with Crippen LogP contribution in [0.3, 0.4) is 0 Å². The molecule has 0 heterocycles. The monoisotopic (exact) mass is 356 g/mol. The molecule has 0 unspecified atom stereocenters. The second-order valence-corrected chi connectivity index (χ2v) is 6.87. The Hall–Kier alpha value is -2.36. The zero-order chi connectivity index (χ0) is 18.8.